The van der Waals surface area contributed by atoms with Crippen LogP contribution in [0.1, 0.15) is 24.1 Å². The Kier molecular flexibility index (Phi) is 18.9. The van der Waals surface area contributed by atoms with Gasteiger partial charge in [0.2, 0.25) is 0 Å². The van der Waals surface area contributed by atoms with Gasteiger partial charge in [0.1, 0.15) is 52.0 Å². The molecule has 103 heavy (non-hydrogen) atoms. The summed E-state index contributed by atoms with van der Waals surface area (Å²) in [5.74, 6) is 5.95. The molecule has 0 saturated carbocycles. The summed E-state index contributed by atoms with van der Waals surface area (Å²) in [7, 11) is 0. The van der Waals surface area contributed by atoms with E-state index in [9.17, 15) is 10.2 Å². The van der Waals surface area contributed by atoms with Crippen molar-refractivity contribution in [3.05, 3.63) is 325 Å². The zero-order valence-electron chi connectivity index (χ0n) is 55.5. The lowest BCUT2D eigenvalue weighted by Gasteiger charge is -2.11. The van der Waals surface area contributed by atoms with Crippen LogP contribution < -0.4 is 9.47 Å². The van der Waals surface area contributed by atoms with Crippen molar-refractivity contribution in [2.75, 3.05) is 0 Å². The first kappa shape index (κ1) is 67.2. The summed E-state index contributed by atoms with van der Waals surface area (Å²) in [6.07, 6.45) is 12.5. The van der Waals surface area contributed by atoms with E-state index in [1.165, 1.54) is 38.1 Å². The Hall–Kier alpha value is -13.0. The first-order chi connectivity index (χ1) is 49.5. The van der Waals surface area contributed by atoms with Gasteiger partial charge in [0.15, 0.2) is 0 Å². The number of aromatic nitrogens is 10. The van der Waals surface area contributed by atoms with E-state index in [1.807, 2.05) is 110 Å². The largest absolute Gasteiger partial charge is 0.508 e. The molecule has 18 rings (SSSR count). The minimum absolute atomic E-state index is 0. The van der Waals surface area contributed by atoms with Crippen LogP contribution >= 0.6 is 15.9 Å². The van der Waals surface area contributed by atoms with Crippen LogP contribution in [0, 0.1) is 20.8 Å². The summed E-state index contributed by atoms with van der Waals surface area (Å²) in [6, 6.07) is 86.1. The number of phenolic OH excluding ortho intramolecular Hbond substituents is 2. The van der Waals surface area contributed by atoms with E-state index in [2.05, 4.69) is 199 Å². The molecular weight excluding hydrogens is 1340 g/mol. The second-order valence-corrected chi connectivity index (χ2v) is 25.5. The van der Waals surface area contributed by atoms with E-state index in [1.54, 1.807) is 61.2 Å². The van der Waals surface area contributed by atoms with Crippen LogP contribution in [0.2, 0.25) is 0 Å². The van der Waals surface area contributed by atoms with E-state index >= 15 is 0 Å². The average molecular weight is 1410 g/mol. The molecule has 18 aromatic rings. The molecule has 0 fully saturated rings. The van der Waals surface area contributed by atoms with Crippen molar-refractivity contribution < 1.29 is 19.7 Å². The number of phenols is 2. The highest BCUT2D eigenvalue weighted by Crippen LogP contribution is 2.39. The summed E-state index contributed by atoms with van der Waals surface area (Å²) in [5, 5.41) is 26.0. The Morgan fingerprint density at radius 2 is 0.602 bits per heavy atom. The predicted molar refractivity (Wildman–Crippen MR) is 419 cm³/mol. The van der Waals surface area contributed by atoms with Gasteiger partial charge in [-0.3, -0.25) is 33.6 Å². The van der Waals surface area contributed by atoms with Crippen LogP contribution in [0.4, 0.5) is 0 Å². The van der Waals surface area contributed by atoms with Gasteiger partial charge in [-0.2, -0.15) is 0 Å². The van der Waals surface area contributed by atoms with Crippen LogP contribution in [0.3, 0.4) is 0 Å². The zero-order valence-corrected chi connectivity index (χ0v) is 57.1. The standard InChI is InChI=1S/C52H36N6O2.C18H13BrN2.C16H12N2O2.CH4.B/c1-33-21-23-53-51(25-33)57-47-15-5-3-13-41(47)43-19-17-39(29-49(43)57)59-37-11-7-9-35(27-37)45-31-56-46(32-55-45)36-10-8-12-38(28-36)60-40-18-20-44-42-14-4-6-16-48(42)58(50(44)30-40)52-26-34(2)22-24-54-52;1-12-8-9-20-18(10-12)21-16-5-3-2-4-14(16)15-7-6-13(19)11-17(15)21;19-13-5-1-3-11(7-13)15-9-18-16(10-17-15)12-4-2-6-14(20)8-12;;/h3-32H,1-2H3;2-11H,1H3;1-10,19-20H;1H4;. The normalized spacial score (nSPS) is 11.0. The fourth-order valence-corrected chi connectivity index (χ4v) is 13.3. The second-order valence-electron chi connectivity index (χ2n) is 24.6. The van der Waals surface area contributed by atoms with Crippen molar-refractivity contribution in [3.8, 4) is 97.0 Å². The molecule has 0 aliphatic carbocycles. The van der Waals surface area contributed by atoms with Gasteiger partial charge in [-0.05, 0) is 177 Å². The lowest BCUT2D eigenvalue weighted by atomic mass is 10.1. The first-order valence-corrected chi connectivity index (χ1v) is 33.6. The van der Waals surface area contributed by atoms with Crippen LogP contribution in [0.15, 0.2) is 309 Å². The van der Waals surface area contributed by atoms with Crippen LogP contribution in [-0.4, -0.2) is 67.2 Å². The summed E-state index contributed by atoms with van der Waals surface area (Å²) in [4.78, 5) is 32.3. The molecule has 2 N–H and O–H groups in total. The summed E-state index contributed by atoms with van der Waals surface area (Å²) in [5.41, 5.74) is 16.4. The third-order valence-electron chi connectivity index (χ3n) is 17.6. The maximum Gasteiger partial charge on any atom is 0.137 e. The third-order valence-corrected chi connectivity index (χ3v) is 18.1. The number of rotatable bonds is 11. The fourth-order valence-electron chi connectivity index (χ4n) is 12.9. The van der Waals surface area contributed by atoms with Gasteiger partial charge in [0.25, 0.3) is 0 Å². The van der Waals surface area contributed by atoms with E-state index in [-0.39, 0.29) is 27.3 Å². The number of hydrogen-bond donors (Lipinski definition) is 2. The number of hydrogen-bond acceptors (Lipinski definition) is 11. The lowest BCUT2D eigenvalue weighted by molar-refractivity contribution is 0.475. The Labute approximate surface area is 604 Å². The summed E-state index contributed by atoms with van der Waals surface area (Å²) >= 11 is 3.58. The van der Waals surface area contributed by atoms with Gasteiger partial charge in [-0.1, -0.05) is 133 Å². The number of aromatic hydroxyl groups is 2. The molecule has 3 radical (unpaired) electrons. The number of pyridine rings is 3. The zero-order chi connectivity index (χ0) is 68.5. The van der Waals surface area contributed by atoms with E-state index in [4.69, 9.17) is 29.4 Å². The Morgan fingerprint density at radius 1 is 0.291 bits per heavy atom. The van der Waals surface area contributed by atoms with Crippen LogP contribution in [-0.2, 0) is 0 Å². The molecule has 0 atom stereocenters. The fraction of sp³-hybridized carbons (Fsp3) is 0.0460. The van der Waals surface area contributed by atoms with Crippen molar-refractivity contribution >= 4 is 89.8 Å². The number of benzene rings is 10. The first-order valence-electron chi connectivity index (χ1n) is 32.8. The van der Waals surface area contributed by atoms with Crippen molar-refractivity contribution in [2.24, 2.45) is 0 Å². The van der Waals surface area contributed by atoms with Crippen molar-refractivity contribution in [1.29, 1.82) is 0 Å². The van der Waals surface area contributed by atoms with E-state index in [0.29, 0.717) is 22.9 Å². The molecule has 8 heterocycles. The number of halogens is 1. The molecule has 0 bridgehead atoms. The Balaban J connectivity index is 0.000000169. The predicted octanol–water partition coefficient (Wildman–Crippen LogP) is 21.7. The van der Waals surface area contributed by atoms with E-state index in [0.717, 1.165) is 111 Å². The Bertz CT molecular complexity index is 5860. The highest BCUT2D eigenvalue weighted by Gasteiger charge is 2.19. The van der Waals surface area contributed by atoms with Gasteiger partial charge < -0.3 is 19.7 Å². The molecule has 8 aromatic heterocycles. The number of para-hydroxylation sites is 3. The topological polar surface area (TPSA) is 164 Å². The smallest absolute Gasteiger partial charge is 0.137 e. The van der Waals surface area contributed by atoms with Gasteiger partial charge in [-0.15, -0.1) is 0 Å². The van der Waals surface area contributed by atoms with Crippen molar-refractivity contribution in [3.63, 3.8) is 0 Å². The minimum Gasteiger partial charge on any atom is -0.508 e. The molecule has 0 amide bonds. The van der Waals surface area contributed by atoms with Gasteiger partial charge in [-0.25, -0.2) is 15.0 Å². The maximum atomic E-state index is 9.46. The molecule has 0 aliphatic rings. The molecule has 0 aliphatic heterocycles. The quantitative estimate of drug-likeness (QED) is 0.118. The van der Waals surface area contributed by atoms with Gasteiger partial charge in [0.05, 0.1) is 80.7 Å². The third kappa shape index (κ3) is 13.8. The van der Waals surface area contributed by atoms with E-state index < -0.39 is 0 Å². The second kappa shape index (κ2) is 29.0. The SMILES string of the molecule is C.Cc1ccnc(-n2c3ccccc3c3ccc(Br)cc32)c1.Cc1ccnc(-n2c3ccccc3c3ccc(Oc4cccc(-c5cnc(-c6cccc(Oc7ccc8c9ccccc9n(-c9cc(C)ccn9)c8c7)c6)cn5)c4)cc32)c1.Oc1cccc(-c2cnc(-c3cccc(O)c3)cn2)c1.[B]. The molecule has 0 unspecified atom stereocenters. The van der Waals surface area contributed by atoms with Crippen LogP contribution in [0.5, 0.6) is 34.5 Å². The molecule has 0 spiro atoms. The number of aryl methyl sites for hydroxylation is 3. The number of fused-ring (bicyclic) bond motifs is 9. The van der Waals surface area contributed by atoms with Crippen LogP contribution in [0.25, 0.3) is 128 Å². The highest BCUT2D eigenvalue weighted by molar-refractivity contribution is 9.10. The van der Waals surface area contributed by atoms with Gasteiger partial charge >= 0.3 is 0 Å². The lowest BCUT2D eigenvalue weighted by Crippen LogP contribution is -1.97. The molecule has 10 aromatic carbocycles. The summed E-state index contributed by atoms with van der Waals surface area (Å²) < 4.78 is 20.7. The Morgan fingerprint density at radius 3 is 0.951 bits per heavy atom. The minimum atomic E-state index is 0. The molecule has 0 saturated heterocycles. The molecule has 497 valence electrons. The maximum absolute atomic E-state index is 9.46. The highest BCUT2D eigenvalue weighted by atomic mass is 79.9. The molecule has 16 heteroatoms. The number of ether oxygens (including phenoxy) is 2. The van der Waals surface area contributed by atoms with Crippen molar-refractivity contribution in [1.82, 2.24) is 48.6 Å². The van der Waals surface area contributed by atoms with Crippen molar-refractivity contribution in [2.45, 2.75) is 28.2 Å². The monoisotopic (exact) mass is 1400 g/mol. The molecule has 14 nitrogen and oxygen atoms in total. The number of nitrogens with zero attached hydrogens (tertiary/aromatic N) is 10. The average Bonchev–Trinajstić information content (AvgIpc) is 1.61. The molecular formula is C87H65BBrN10O4. The van der Waals surface area contributed by atoms with Gasteiger partial charge in [0, 0.05) is 98.2 Å². The summed E-state index contributed by atoms with van der Waals surface area (Å²) in [6.45, 7) is 6.26.